The third kappa shape index (κ3) is 5.48. The maximum absolute atomic E-state index is 13.9. The van der Waals surface area contributed by atoms with Crippen LogP contribution >= 0.6 is 24.8 Å². The summed E-state index contributed by atoms with van der Waals surface area (Å²) < 4.78 is 52.0. The predicted molar refractivity (Wildman–Crippen MR) is 92.5 cm³/mol. The number of piperazine rings is 1. The molecule has 1 saturated heterocycles. The fourth-order valence-electron chi connectivity index (χ4n) is 3.03. The van der Waals surface area contributed by atoms with Gasteiger partial charge in [0, 0.05) is 32.2 Å². The lowest BCUT2D eigenvalue weighted by Crippen LogP contribution is -2.46. The Morgan fingerprint density at radius 3 is 2.21 bits per heavy atom. The largest absolute Gasteiger partial charge is 0.419 e. The van der Waals surface area contributed by atoms with Crippen molar-refractivity contribution in [1.82, 2.24) is 10.2 Å². The van der Waals surface area contributed by atoms with Crippen LogP contribution in [0.4, 0.5) is 17.6 Å². The van der Waals surface area contributed by atoms with Crippen LogP contribution in [-0.2, 0) is 6.18 Å². The summed E-state index contributed by atoms with van der Waals surface area (Å²) in [6.45, 7) is 7.42. The van der Waals surface area contributed by atoms with Crippen LogP contribution in [0.25, 0.3) is 0 Å². The van der Waals surface area contributed by atoms with Crippen molar-refractivity contribution in [3.05, 3.63) is 35.1 Å². The monoisotopic (exact) mass is 390 g/mol. The zero-order chi connectivity index (χ0) is 16.3. The molecular weight excluding hydrogens is 367 g/mol. The van der Waals surface area contributed by atoms with Crippen LogP contribution < -0.4 is 5.32 Å². The van der Waals surface area contributed by atoms with Crippen LogP contribution in [0.5, 0.6) is 0 Å². The third-order valence-corrected chi connectivity index (χ3v) is 4.37. The molecule has 0 aliphatic carbocycles. The molecule has 1 aromatic rings. The van der Waals surface area contributed by atoms with Gasteiger partial charge in [0.15, 0.2) is 0 Å². The van der Waals surface area contributed by atoms with Gasteiger partial charge in [-0.1, -0.05) is 26.3 Å². The van der Waals surface area contributed by atoms with Crippen molar-refractivity contribution < 1.29 is 17.6 Å². The number of halogens is 6. The van der Waals surface area contributed by atoms with Gasteiger partial charge < -0.3 is 5.32 Å². The standard InChI is InChI=1S/C16H22F4N2.2ClH/c1-3-11(2)15(22-8-6-21-7-9-22)12-4-5-13(14(17)10-12)16(18,19)20;;/h4-5,10-11,15,21H,3,6-9H2,1-2H3;2*1H/t11?,15-;;/m1../s1. The van der Waals surface area contributed by atoms with Gasteiger partial charge >= 0.3 is 6.18 Å². The molecule has 1 N–H and O–H groups in total. The fraction of sp³-hybridized carbons (Fsp3) is 0.625. The van der Waals surface area contributed by atoms with Gasteiger partial charge in [-0.05, 0) is 23.6 Å². The van der Waals surface area contributed by atoms with Gasteiger partial charge in [0.05, 0.1) is 5.56 Å². The van der Waals surface area contributed by atoms with Crippen molar-refractivity contribution in [3.8, 4) is 0 Å². The summed E-state index contributed by atoms with van der Waals surface area (Å²) in [6.07, 6.45) is -3.76. The molecule has 1 unspecified atom stereocenters. The van der Waals surface area contributed by atoms with E-state index in [-0.39, 0.29) is 36.8 Å². The lowest BCUT2D eigenvalue weighted by Gasteiger charge is -2.38. The zero-order valence-corrected chi connectivity index (χ0v) is 15.3. The molecule has 0 radical (unpaired) electrons. The third-order valence-electron chi connectivity index (χ3n) is 4.37. The molecule has 0 spiro atoms. The second kappa shape index (κ2) is 9.80. The first-order chi connectivity index (χ1) is 10.3. The number of benzene rings is 1. The first kappa shape index (κ1) is 23.4. The van der Waals surface area contributed by atoms with Crippen molar-refractivity contribution in [2.75, 3.05) is 26.2 Å². The number of hydrogen-bond acceptors (Lipinski definition) is 2. The minimum atomic E-state index is -4.65. The molecule has 8 heteroatoms. The lowest BCUT2D eigenvalue weighted by molar-refractivity contribution is -0.140. The Bertz CT molecular complexity index is 505. The van der Waals surface area contributed by atoms with E-state index in [2.05, 4.69) is 17.1 Å². The molecular formula is C16H24Cl2F4N2. The van der Waals surface area contributed by atoms with E-state index in [9.17, 15) is 17.6 Å². The van der Waals surface area contributed by atoms with Crippen LogP contribution in [0, 0.1) is 11.7 Å². The van der Waals surface area contributed by atoms with Crippen molar-refractivity contribution in [1.29, 1.82) is 0 Å². The van der Waals surface area contributed by atoms with Gasteiger partial charge in [0.2, 0.25) is 0 Å². The Hall–Kier alpha value is -0.560. The Kier molecular flexibility index (Phi) is 9.57. The van der Waals surface area contributed by atoms with Gasteiger partial charge in [0.25, 0.3) is 0 Å². The van der Waals surface area contributed by atoms with Gasteiger partial charge in [-0.2, -0.15) is 13.2 Å². The summed E-state index contributed by atoms with van der Waals surface area (Å²) in [5.74, 6) is -0.942. The maximum Gasteiger partial charge on any atom is 0.419 e. The average Bonchev–Trinajstić information content (AvgIpc) is 2.47. The van der Waals surface area contributed by atoms with Crippen molar-refractivity contribution in [2.45, 2.75) is 32.5 Å². The molecule has 1 fully saturated rings. The van der Waals surface area contributed by atoms with E-state index in [4.69, 9.17) is 0 Å². The second-order valence-corrected chi connectivity index (χ2v) is 5.85. The fourth-order valence-corrected chi connectivity index (χ4v) is 3.03. The normalized spacial score (nSPS) is 18.2. The van der Waals surface area contributed by atoms with Crippen molar-refractivity contribution in [2.24, 2.45) is 5.92 Å². The Morgan fingerprint density at radius 2 is 1.75 bits per heavy atom. The summed E-state index contributed by atoms with van der Waals surface area (Å²) >= 11 is 0. The van der Waals surface area contributed by atoms with Crippen LogP contribution in [0.1, 0.15) is 37.4 Å². The number of nitrogens with zero attached hydrogens (tertiary/aromatic N) is 1. The summed E-state index contributed by atoms with van der Waals surface area (Å²) in [4.78, 5) is 2.23. The molecule has 2 atom stereocenters. The summed E-state index contributed by atoms with van der Waals surface area (Å²) in [7, 11) is 0. The van der Waals surface area contributed by atoms with E-state index in [1.165, 1.54) is 6.07 Å². The molecule has 2 nitrogen and oxygen atoms in total. The number of alkyl halides is 3. The van der Waals surface area contributed by atoms with Crippen LogP contribution in [0.2, 0.25) is 0 Å². The number of hydrogen-bond donors (Lipinski definition) is 1. The number of nitrogens with one attached hydrogen (secondary N) is 1. The molecule has 140 valence electrons. The highest BCUT2D eigenvalue weighted by Gasteiger charge is 2.35. The van der Waals surface area contributed by atoms with Gasteiger partial charge in [0.1, 0.15) is 5.82 Å². The summed E-state index contributed by atoms with van der Waals surface area (Å²) in [5, 5.41) is 3.25. The topological polar surface area (TPSA) is 15.3 Å². The highest BCUT2D eigenvalue weighted by Crippen LogP contribution is 2.36. The highest BCUT2D eigenvalue weighted by atomic mass is 35.5. The summed E-state index contributed by atoms with van der Waals surface area (Å²) in [5.41, 5.74) is -0.568. The molecule has 24 heavy (non-hydrogen) atoms. The molecule has 0 bridgehead atoms. The average molecular weight is 391 g/mol. The molecule has 1 aliphatic heterocycles. The summed E-state index contributed by atoms with van der Waals surface area (Å²) in [6, 6.07) is 3.29. The molecule has 0 saturated carbocycles. The van der Waals surface area contributed by atoms with Crippen LogP contribution in [0.3, 0.4) is 0 Å². The highest BCUT2D eigenvalue weighted by molar-refractivity contribution is 5.85. The van der Waals surface area contributed by atoms with E-state index in [0.717, 1.165) is 44.7 Å². The minimum absolute atomic E-state index is 0. The molecule has 1 heterocycles. The number of rotatable bonds is 4. The van der Waals surface area contributed by atoms with Gasteiger partial charge in [-0.15, -0.1) is 24.8 Å². The maximum atomic E-state index is 13.9. The second-order valence-electron chi connectivity index (χ2n) is 5.85. The van der Waals surface area contributed by atoms with Gasteiger partial charge in [-0.3, -0.25) is 4.90 Å². The quantitative estimate of drug-likeness (QED) is 0.750. The first-order valence-electron chi connectivity index (χ1n) is 7.66. The molecule has 2 rings (SSSR count). The minimum Gasteiger partial charge on any atom is -0.314 e. The Morgan fingerprint density at radius 1 is 1.17 bits per heavy atom. The van der Waals surface area contributed by atoms with Crippen molar-refractivity contribution >= 4 is 24.8 Å². The molecule has 1 aliphatic rings. The predicted octanol–water partition coefficient (Wildman–Crippen LogP) is 4.68. The van der Waals surface area contributed by atoms with E-state index in [1.54, 1.807) is 0 Å². The Labute approximate surface area is 152 Å². The molecule has 1 aromatic carbocycles. The zero-order valence-electron chi connectivity index (χ0n) is 13.7. The van der Waals surface area contributed by atoms with Crippen LogP contribution in [0.15, 0.2) is 18.2 Å². The molecule has 0 amide bonds. The molecule has 0 aromatic heterocycles. The first-order valence-corrected chi connectivity index (χ1v) is 7.66. The van der Waals surface area contributed by atoms with Crippen LogP contribution in [-0.4, -0.2) is 31.1 Å². The van der Waals surface area contributed by atoms with Crippen molar-refractivity contribution in [3.63, 3.8) is 0 Å². The van der Waals surface area contributed by atoms with Gasteiger partial charge in [-0.25, -0.2) is 4.39 Å². The van der Waals surface area contributed by atoms with E-state index >= 15 is 0 Å². The Balaban J connectivity index is 0.00000264. The van der Waals surface area contributed by atoms with E-state index in [0.29, 0.717) is 5.56 Å². The van der Waals surface area contributed by atoms with E-state index in [1.807, 2.05) is 6.92 Å². The van der Waals surface area contributed by atoms with E-state index < -0.39 is 17.6 Å². The lowest BCUT2D eigenvalue weighted by atomic mass is 9.90. The smallest absolute Gasteiger partial charge is 0.314 e. The SMILES string of the molecule is CCC(C)[C@H](c1ccc(C(F)(F)F)c(F)c1)N1CCNCC1.Cl.Cl.